The van der Waals surface area contributed by atoms with E-state index >= 15 is 0 Å². The summed E-state index contributed by atoms with van der Waals surface area (Å²) in [6, 6.07) is 14.6. The van der Waals surface area contributed by atoms with E-state index in [1.807, 2.05) is 35.2 Å². The number of nitrogens with one attached hydrogen (secondary N) is 1. The maximum atomic E-state index is 12.9. The van der Waals surface area contributed by atoms with Crippen molar-refractivity contribution in [2.24, 2.45) is 0 Å². The Morgan fingerprint density at radius 2 is 1.87 bits per heavy atom. The van der Waals surface area contributed by atoms with Gasteiger partial charge < -0.3 is 14.4 Å². The average molecular weight is 408 g/mol. The van der Waals surface area contributed by atoms with Crippen molar-refractivity contribution < 1.29 is 19.1 Å². The van der Waals surface area contributed by atoms with Crippen molar-refractivity contribution in [1.82, 2.24) is 20.0 Å². The Kier molecular flexibility index (Phi) is 5.94. The molecule has 1 saturated heterocycles. The third kappa shape index (κ3) is 4.28. The first-order chi connectivity index (χ1) is 14.7. The van der Waals surface area contributed by atoms with Crippen molar-refractivity contribution in [3.8, 4) is 5.75 Å². The molecule has 1 N–H and O–H groups in total. The van der Waals surface area contributed by atoms with E-state index in [2.05, 4.69) is 15.1 Å². The number of benzene rings is 2. The number of hydrogen-bond donors (Lipinski definition) is 1. The van der Waals surface area contributed by atoms with Gasteiger partial charge in [-0.05, 0) is 24.3 Å². The summed E-state index contributed by atoms with van der Waals surface area (Å²) >= 11 is 0. The van der Waals surface area contributed by atoms with Crippen LogP contribution in [0.2, 0.25) is 0 Å². The van der Waals surface area contributed by atoms with Gasteiger partial charge in [0.2, 0.25) is 0 Å². The molecule has 0 spiro atoms. The molecule has 2 heterocycles. The monoisotopic (exact) mass is 408 g/mol. The second-order valence-electron chi connectivity index (χ2n) is 7.12. The van der Waals surface area contributed by atoms with Crippen LogP contribution in [0.5, 0.6) is 5.75 Å². The molecule has 0 bridgehead atoms. The van der Waals surface area contributed by atoms with E-state index < -0.39 is 0 Å². The van der Waals surface area contributed by atoms with E-state index in [4.69, 9.17) is 9.47 Å². The molecule has 1 aliphatic heterocycles. The Hall–Kier alpha value is -3.39. The van der Waals surface area contributed by atoms with Crippen LogP contribution in [0.1, 0.15) is 20.8 Å². The molecule has 1 fully saturated rings. The third-order valence-electron chi connectivity index (χ3n) is 5.26. The molecule has 0 aliphatic carbocycles. The number of H-pyrrole nitrogens is 1. The minimum absolute atomic E-state index is 0.0389. The van der Waals surface area contributed by atoms with Crippen LogP contribution in [0.15, 0.2) is 48.5 Å². The van der Waals surface area contributed by atoms with Gasteiger partial charge in [0, 0.05) is 38.1 Å². The minimum Gasteiger partial charge on any atom is -0.492 e. The number of nitrogens with zero attached hydrogens (tertiary/aromatic N) is 3. The lowest BCUT2D eigenvalue weighted by molar-refractivity contribution is 0.0594. The highest BCUT2D eigenvalue weighted by molar-refractivity contribution is 6.04. The molecule has 8 nitrogen and oxygen atoms in total. The molecule has 0 unspecified atom stereocenters. The topological polar surface area (TPSA) is 87.8 Å². The van der Waals surface area contributed by atoms with Crippen LogP contribution in [-0.2, 0) is 4.74 Å². The van der Waals surface area contributed by atoms with Crippen molar-refractivity contribution >= 4 is 22.8 Å². The van der Waals surface area contributed by atoms with Crippen molar-refractivity contribution in [3.63, 3.8) is 0 Å². The minimum atomic E-state index is -0.383. The van der Waals surface area contributed by atoms with Crippen molar-refractivity contribution in [2.75, 3.05) is 46.4 Å². The molecule has 1 amide bonds. The molecule has 2 aromatic carbocycles. The van der Waals surface area contributed by atoms with Gasteiger partial charge in [-0.1, -0.05) is 24.3 Å². The predicted octanol–water partition coefficient (Wildman–Crippen LogP) is 2.19. The molecule has 0 radical (unpaired) electrons. The number of aromatic amines is 1. The molecule has 156 valence electrons. The summed E-state index contributed by atoms with van der Waals surface area (Å²) < 4.78 is 10.5. The van der Waals surface area contributed by atoms with Gasteiger partial charge in [-0.15, -0.1) is 0 Å². The fraction of sp³-hybridized carbons (Fsp3) is 0.318. The lowest BCUT2D eigenvalue weighted by atomic mass is 10.2. The number of piperazine rings is 1. The molecule has 4 rings (SSSR count). The Balaban J connectivity index is 1.26. The van der Waals surface area contributed by atoms with Crippen molar-refractivity contribution in [2.45, 2.75) is 0 Å². The summed E-state index contributed by atoms with van der Waals surface area (Å²) in [4.78, 5) is 28.6. The predicted molar refractivity (Wildman–Crippen MR) is 112 cm³/mol. The second kappa shape index (κ2) is 8.96. The van der Waals surface area contributed by atoms with E-state index in [1.54, 1.807) is 18.2 Å². The number of para-hydroxylation sites is 1. The lowest BCUT2D eigenvalue weighted by Gasteiger charge is -2.34. The first kappa shape index (κ1) is 19.9. The normalized spacial score (nSPS) is 14.6. The van der Waals surface area contributed by atoms with Crippen molar-refractivity contribution in [1.29, 1.82) is 0 Å². The van der Waals surface area contributed by atoms with E-state index in [0.29, 0.717) is 36.7 Å². The third-order valence-corrected chi connectivity index (χ3v) is 5.26. The summed E-state index contributed by atoms with van der Waals surface area (Å²) in [6.45, 7) is 4.10. The molecule has 3 aromatic rings. The molecule has 0 atom stereocenters. The van der Waals surface area contributed by atoms with Gasteiger partial charge in [0.05, 0.1) is 18.2 Å². The van der Waals surface area contributed by atoms with Crippen LogP contribution < -0.4 is 4.74 Å². The number of ether oxygens (including phenoxy) is 2. The number of esters is 1. The maximum Gasteiger partial charge on any atom is 0.337 e. The first-order valence-electron chi connectivity index (χ1n) is 9.91. The fourth-order valence-electron chi connectivity index (χ4n) is 3.57. The Labute approximate surface area is 174 Å². The molecule has 1 aliphatic rings. The summed E-state index contributed by atoms with van der Waals surface area (Å²) in [7, 11) is 1.36. The molecule has 1 aromatic heterocycles. The first-order valence-corrected chi connectivity index (χ1v) is 9.91. The van der Waals surface area contributed by atoms with Gasteiger partial charge in [-0.25, -0.2) is 4.79 Å². The highest BCUT2D eigenvalue weighted by Crippen LogP contribution is 2.18. The number of amides is 1. The maximum absolute atomic E-state index is 12.9. The Bertz CT molecular complexity index is 1040. The van der Waals surface area contributed by atoms with Gasteiger partial charge in [-0.3, -0.25) is 14.8 Å². The lowest BCUT2D eigenvalue weighted by Crippen LogP contribution is -2.49. The molecule has 30 heavy (non-hydrogen) atoms. The number of fused-ring (bicyclic) bond motifs is 1. The van der Waals surface area contributed by atoms with E-state index in [1.165, 1.54) is 7.11 Å². The van der Waals surface area contributed by atoms with Crippen LogP contribution in [0.3, 0.4) is 0 Å². The number of carbonyl (C=O) groups is 2. The van der Waals surface area contributed by atoms with Crippen molar-refractivity contribution in [3.05, 3.63) is 59.8 Å². The van der Waals surface area contributed by atoms with Crippen LogP contribution >= 0.6 is 0 Å². The van der Waals surface area contributed by atoms with Gasteiger partial charge in [0.25, 0.3) is 5.91 Å². The average Bonchev–Trinajstić information content (AvgIpc) is 3.23. The summed E-state index contributed by atoms with van der Waals surface area (Å²) in [5, 5.41) is 7.99. The quantitative estimate of drug-likeness (QED) is 0.629. The Morgan fingerprint density at radius 1 is 1.07 bits per heavy atom. The number of rotatable bonds is 6. The van der Waals surface area contributed by atoms with E-state index in [0.717, 1.165) is 30.5 Å². The fourth-order valence-corrected chi connectivity index (χ4v) is 3.57. The van der Waals surface area contributed by atoms with Crippen LogP contribution in [0.4, 0.5) is 0 Å². The Morgan fingerprint density at radius 3 is 2.67 bits per heavy atom. The van der Waals surface area contributed by atoms with Gasteiger partial charge in [-0.2, -0.15) is 5.10 Å². The van der Waals surface area contributed by atoms with Crippen LogP contribution in [0, 0.1) is 0 Å². The standard InChI is InChI=1S/C22H24N4O4/c1-29-22(28)16-5-4-6-17(15-16)30-14-13-25-9-11-26(12-10-25)21(27)20-18-7-2-3-8-19(18)23-24-20/h2-8,15H,9-14H2,1H3,(H,23,24). The smallest absolute Gasteiger partial charge is 0.337 e. The zero-order chi connectivity index (χ0) is 20.9. The zero-order valence-electron chi connectivity index (χ0n) is 16.8. The van der Waals surface area contributed by atoms with E-state index in [-0.39, 0.29) is 11.9 Å². The zero-order valence-corrected chi connectivity index (χ0v) is 16.8. The van der Waals surface area contributed by atoms with Crippen LogP contribution in [-0.4, -0.2) is 78.3 Å². The number of methoxy groups -OCH3 is 1. The van der Waals surface area contributed by atoms with Gasteiger partial charge >= 0.3 is 5.97 Å². The highest BCUT2D eigenvalue weighted by Gasteiger charge is 2.25. The number of hydrogen-bond acceptors (Lipinski definition) is 6. The van der Waals surface area contributed by atoms with E-state index in [9.17, 15) is 9.59 Å². The number of carbonyl (C=O) groups excluding carboxylic acids is 2. The molecule has 8 heteroatoms. The largest absolute Gasteiger partial charge is 0.492 e. The summed E-state index contributed by atoms with van der Waals surface area (Å²) in [5.41, 5.74) is 1.81. The SMILES string of the molecule is COC(=O)c1cccc(OCCN2CCN(C(=O)c3n[nH]c4ccccc34)CC2)c1. The van der Waals surface area contributed by atoms with Crippen LogP contribution in [0.25, 0.3) is 10.9 Å². The molecule has 0 saturated carbocycles. The van der Waals surface area contributed by atoms with Gasteiger partial charge in [0.15, 0.2) is 5.69 Å². The highest BCUT2D eigenvalue weighted by atomic mass is 16.5. The number of aromatic nitrogens is 2. The van der Waals surface area contributed by atoms with Gasteiger partial charge in [0.1, 0.15) is 12.4 Å². The summed E-state index contributed by atoms with van der Waals surface area (Å²) in [6.07, 6.45) is 0. The second-order valence-corrected chi connectivity index (χ2v) is 7.12. The molecular formula is C22H24N4O4. The summed E-state index contributed by atoms with van der Waals surface area (Å²) in [5.74, 6) is 0.214. The molecular weight excluding hydrogens is 384 g/mol.